The first-order valence-electron chi connectivity index (χ1n) is 5.31. The van der Waals surface area contributed by atoms with Crippen molar-refractivity contribution in [3.8, 4) is 0 Å². The molecule has 0 atom stereocenters. The van der Waals surface area contributed by atoms with Gasteiger partial charge < -0.3 is 9.80 Å². The molecule has 0 N–H and O–H groups in total. The van der Waals surface area contributed by atoms with Crippen molar-refractivity contribution >= 4 is 12.6 Å². The number of hydrogen-bond donors (Lipinski definition) is 1. The van der Waals surface area contributed by atoms with E-state index in [-0.39, 0.29) is 0 Å². The Morgan fingerprint density at radius 3 is 2.07 bits per heavy atom. The molecule has 2 nitrogen and oxygen atoms in total. The third kappa shape index (κ3) is 7.65. The summed E-state index contributed by atoms with van der Waals surface area (Å²) in [5, 5.41) is 0. The van der Waals surface area contributed by atoms with Crippen LogP contribution in [0.25, 0.3) is 0 Å². The van der Waals surface area contributed by atoms with E-state index in [9.17, 15) is 0 Å². The van der Waals surface area contributed by atoms with Crippen LogP contribution in [0, 0.1) is 5.41 Å². The zero-order valence-corrected chi connectivity index (χ0v) is 11.3. The van der Waals surface area contributed by atoms with Crippen molar-refractivity contribution in [2.45, 2.75) is 20.3 Å². The Morgan fingerprint density at radius 1 is 1.07 bits per heavy atom. The van der Waals surface area contributed by atoms with E-state index in [1.54, 1.807) is 0 Å². The molecule has 86 valence electrons. The first-order chi connectivity index (χ1) is 6.37. The van der Waals surface area contributed by atoms with Crippen LogP contribution >= 0.6 is 12.6 Å². The fourth-order valence-electron chi connectivity index (χ4n) is 1.52. The average Bonchev–Trinajstić information content (AvgIpc) is 2.02. The monoisotopic (exact) mass is 218 g/mol. The molecule has 0 saturated carbocycles. The van der Waals surface area contributed by atoms with Crippen LogP contribution in [0.4, 0.5) is 0 Å². The number of nitrogens with zero attached hydrogens (tertiary/aromatic N) is 2. The predicted molar refractivity (Wildman–Crippen MR) is 68.3 cm³/mol. The fourth-order valence-corrected chi connectivity index (χ4v) is 1.62. The molecule has 0 radical (unpaired) electrons. The highest BCUT2D eigenvalue weighted by molar-refractivity contribution is 7.80. The lowest BCUT2D eigenvalue weighted by Crippen LogP contribution is -2.34. The lowest BCUT2D eigenvalue weighted by molar-refractivity contribution is 0.221. The van der Waals surface area contributed by atoms with Gasteiger partial charge in [0.25, 0.3) is 0 Å². The van der Waals surface area contributed by atoms with Crippen LogP contribution in [-0.4, -0.2) is 56.3 Å². The molecular weight excluding hydrogens is 192 g/mol. The van der Waals surface area contributed by atoms with Crippen LogP contribution in [-0.2, 0) is 0 Å². The molecule has 0 aliphatic carbocycles. The molecule has 0 aromatic heterocycles. The zero-order valence-electron chi connectivity index (χ0n) is 10.4. The molecule has 0 aromatic rings. The standard InChI is InChI=1S/C11H26N2S/c1-11(2,10-14)9-13(5)8-6-7-12(3)4/h14H,6-10H2,1-5H3. The Balaban J connectivity index is 3.60. The topological polar surface area (TPSA) is 6.48 Å². The van der Waals surface area contributed by atoms with E-state index in [1.165, 1.54) is 19.5 Å². The van der Waals surface area contributed by atoms with Gasteiger partial charge in [-0.05, 0) is 51.8 Å². The molecule has 0 aromatic carbocycles. The smallest absolute Gasteiger partial charge is 0.00374 e. The molecule has 0 saturated heterocycles. The molecule has 0 heterocycles. The van der Waals surface area contributed by atoms with Gasteiger partial charge in [-0.2, -0.15) is 12.6 Å². The van der Waals surface area contributed by atoms with E-state index in [2.05, 4.69) is 57.4 Å². The zero-order chi connectivity index (χ0) is 11.2. The Labute approximate surface area is 95.1 Å². The van der Waals surface area contributed by atoms with Gasteiger partial charge in [-0.1, -0.05) is 13.8 Å². The SMILES string of the molecule is CN(C)CCCN(C)CC(C)(C)CS. The normalized spacial score (nSPS) is 12.9. The molecule has 0 fully saturated rings. The molecule has 3 heteroatoms. The molecule has 14 heavy (non-hydrogen) atoms. The summed E-state index contributed by atoms with van der Waals surface area (Å²) in [7, 11) is 6.44. The van der Waals surface area contributed by atoms with E-state index < -0.39 is 0 Å². The summed E-state index contributed by atoms with van der Waals surface area (Å²) in [4.78, 5) is 4.64. The van der Waals surface area contributed by atoms with Crippen LogP contribution in [0.1, 0.15) is 20.3 Å². The van der Waals surface area contributed by atoms with Gasteiger partial charge in [0.1, 0.15) is 0 Å². The van der Waals surface area contributed by atoms with Gasteiger partial charge in [0.05, 0.1) is 0 Å². The van der Waals surface area contributed by atoms with Crippen molar-refractivity contribution in [2.75, 3.05) is 46.5 Å². The summed E-state index contributed by atoms with van der Waals surface area (Å²) in [6.45, 7) is 8.01. The van der Waals surface area contributed by atoms with E-state index in [0.29, 0.717) is 5.41 Å². The summed E-state index contributed by atoms with van der Waals surface area (Å²) in [6, 6.07) is 0. The highest BCUT2D eigenvalue weighted by Gasteiger charge is 2.17. The summed E-state index contributed by atoms with van der Waals surface area (Å²) >= 11 is 4.36. The molecule has 0 rings (SSSR count). The summed E-state index contributed by atoms with van der Waals surface area (Å²) < 4.78 is 0. The van der Waals surface area contributed by atoms with E-state index in [1.807, 2.05) is 0 Å². The van der Waals surface area contributed by atoms with Crippen LogP contribution < -0.4 is 0 Å². The van der Waals surface area contributed by atoms with Crippen molar-refractivity contribution in [1.82, 2.24) is 9.80 Å². The first kappa shape index (κ1) is 14.3. The van der Waals surface area contributed by atoms with E-state index in [0.717, 1.165) is 12.3 Å². The van der Waals surface area contributed by atoms with Gasteiger partial charge in [-0.15, -0.1) is 0 Å². The molecule has 0 spiro atoms. The maximum Gasteiger partial charge on any atom is 0.00374 e. The lowest BCUT2D eigenvalue weighted by Gasteiger charge is -2.29. The van der Waals surface area contributed by atoms with Gasteiger partial charge in [-0.3, -0.25) is 0 Å². The minimum Gasteiger partial charge on any atom is -0.309 e. The number of hydrogen-bond acceptors (Lipinski definition) is 3. The van der Waals surface area contributed by atoms with Crippen molar-refractivity contribution < 1.29 is 0 Å². The maximum absolute atomic E-state index is 4.36. The second kappa shape index (κ2) is 6.70. The lowest BCUT2D eigenvalue weighted by atomic mass is 9.96. The summed E-state index contributed by atoms with van der Waals surface area (Å²) in [5.41, 5.74) is 0.329. The second-order valence-corrected chi connectivity index (χ2v) is 5.53. The first-order valence-corrected chi connectivity index (χ1v) is 5.95. The highest BCUT2D eigenvalue weighted by Crippen LogP contribution is 2.17. The number of rotatable bonds is 7. The van der Waals surface area contributed by atoms with Crippen LogP contribution in [0.3, 0.4) is 0 Å². The van der Waals surface area contributed by atoms with Crippen molar-refractivity contribution in [3.63, 3.8) is 0 Å². The Bertz CT molecular complexity index is 146. The maximum atomic E-state index is 4.36. The minimum atomic E-state index is 0.329. The molecule has 0 aliphatic rings. The largest absolute Gasteiger partial charge is 0.309 e. The van der Waals surface area contributed by atoms with Gasteiger partial charge in [0.2, 0.25) is 0 Å². The Kier molecular flexibility index (Phi) is 6.83. The minimum absolute atomic E-state index is 0.329. The van der Waals surface area contributed by atoms with E-state index in [4.69, 9.17) is 0 Å². The second-order valence-electron chi connectivity index (χ2n) is 5.22. The molecule has 0 amide bonds. The Hall–Kier alpha value is 0.270. The van der Waals surface area contributed by atoms with Crippen LogP contribution in [0.15, 0.2) is 0 Å². The van der Waals surface area contributed by atoms with Crippen molar-refractivity contribution in [3.05, 3.63) is 0 Å². The third-order valence-corrected chi connectivity index (χ3v) is 3.13. The molecule has 0 bridgehead atoms. The molecular formula is C11H26N2S. The molecule has 0 aliphatic heterocycles. The predicted octanol–water partition coefficient (Wildman–Crippen LogP) is 1.83. The quantitative estimate of drug-likeness (QED) is 0.651. The van der Waals surface area contributed by atoms with Crippen molar-refractivity contribution in [1.29, 1.82) is 0 Å². The molecule has 0 unspecified atom stereocenters. The average molecular weight is 218 g/mol. The summed E-state index contributed by atoms with van der Waals surface area (Å²) in [6.07, 6.45) is 1.24. The van der Waals surface area contributed by atoms with Gasteiger partial charge in [0.15, 0.2) is 0 Å². The summed E-state index contributed by atoms with van der Waals surface area (Å²) in [5.74, 6) is 0.949. The third-order valence-electron chi connectivity index (χ3n) is 2.27. The van der Waals surface area contributed by atoms with Gasteiger partial charge in [0, 0.05) is 6.54 Å². The number of thiol groups is 1. The van der Waals surface area contributed by atoms with E-state index >= 15 is 0 Å². The van der Waals surface area contributed by atoms with Gasteiger partial charge >= 0.3 is 0 Å². The highest BCUT2D eigenvalue weighted by atomic mass is 32.1. The van der Waals surface area contributed by atoms with Crippen molar-refractivity contribution in [2.24, 2.45) is 5.41 Å². The Morgan fingerprint density at radius 2 is 1.64 bits per heavy atom. The fraction of sp³-hybridized carbons (Fsp3) is 1.00. The van der Waals surface area contributed by atoms with Crippen LogP contribution in [0.5, 0.6) is 0 Å². The van der Waals surface area contributed by atoms with Crippen LogP contribution in [0.2, 0.25) is 0 Å². The van der Waals surface area contributed by atoms with Gasteiger partial charge in [-0.25, -0.2) is 0 Å².